The van der Waals surface area contributed by atoms with Crippen LogP contribution in [0.1, 0.15) is 37.4 Å². The zero-order valence-corrected chi connectivity index (χ0v) is 18.6. The number of aromatic nitrogens is 1. The zero-order valence-electron chi connectivity index (χ0n) is 15.4. The van der Waals surface area contributed by atoms with E-state index in [0.29, 0.717) is 13.1 Å². The predicted octanol–water partition coefficient (Wildman–Crippen LogP) is 4.10. The molecule has 2 aromatic heterocycles. The quantitative estimate of drug-likeness (QED) is 0.723. The molecule has 0 saturated carbocycles. The lowest BCUT2D eigenvalue weighted by Gasteiger charge is -2.28. The zero-order chi connectivity index (χ0) is 17.2. The third-order valence-electron chi connectivity index (χ3n) is 3.89. The summed E-state index contributed by atoms with van der Waals surface area (Å²) in [5.41, 5.74) is 5.68. The molecular formula is C16H28Cl2N4OS2. The van der Waals surface area contributed by atoms with E-state index in [1.165, 1.54) is 11.3 Å². The van der Waals surface area contributed by atoms with Crippen molar-refractivity contribution in [2.24, 2.45) is 11.1 Å². The molecule has 9 heteroatoms. The molecular weight excluding hydrogens is 399 g/mol. The minimum absolute atomic E-state index is 0. The molecule has 0 aliphatic heterocycles. The van der Waals surface area contributed by atoms with Gasteiger partial charge in [0.15, 0.2) is 5.13 Å². The van der Waals surface area contributed by atoms with Gasteiger partial charge in [-0.25, -0.2) is 4.98 Å². The van der Waals surface area contributed by atoms with E-state index in [2.05, 4.69) is 37.6 Å². The maximum Gasteiger partial charge on any atom is 0.263 e. The van der Waals surface area contributed by atoms with Crippen LogP contribution in [0, 0.1) is 5.41 Å². The minimum atomic E-state index is -0.0762. The van der Waals surface area contributed by atoms with Crippen molar-refractivity contribution in [3.8, 4) is 0 Å². The van der Waals surface area contributed by atoms with Crippen molar-refractivity contribution in [1.82, 2.24) is 9.88 Å². The Balaban J connectivity index is 0.00000288. The summed E-state index contributed by atoms with van der Waals surface area (Å²) < 4.78 is 1.09. The average molecular weight is 427 g/mol. The molecule has 0 fully saturated rings. The Hall–Kier alpha value is -0.600. The number of hydrogen-bond donors (Lipinski definition) is 1. The van der Waals surface area contributed by atoms with Crippen LogP contribution >= 0.6 is 47.5 Å². The van der Waals surface area contributed by atoms with Gasteiger partial charge in [0.2, 0.25) is 0 Å². The second kappa shape index (κ2) is 9.92. The van der Waals surface area contributed by atoms with Crippen LogP contribution in [0.2, 0.25) is 0 Å². The molecule has 2 rings (SSSR count). The highest BCUT2D eigenvalue weighted by molar-refractivity contribution is 7.29. The van der Waals surface area contributed by atoms with Crippen LogP contribution in [-0.2, 0) is 0 Å². The van der Waals surface area contributed by atoms with Crippen LogP contribution in [0.4, 0.5) is 5.13 Å². The Morgan fingerprint density at radius 2 is 1.84 bits per heavy atom. The Labute approximate surface area is 170 Å². The summed E-state index contributed by atoms with van der Waals surface area (Å²) in [5.74, 6) is 0.0473. The van der Waals surface area contributed by atoms with Crippen molar-refractivity contribution in [3.63, 3.8) is 0 Å². The average Bonchev–Trinajstić information content (AvgIpc) is 3.06. The van der Waals surface area contributed by atoms with Gasteiger partial charge in [0.05, 0.1) is 9.58 Å². The summed E-state index contributed by atoms with van der Waals surface area (Å²) in [7, 11) is 1.84. The van der Waals surface area contributed by atoms with Crippen LogP contribution in [0.25, 0.3) is 9.53 Å². The van der Waals surface area contributed by atoms with E-state index in [9.17, 15) is 4.79 Å². The van der Waals surface area contributed by atoms with E-state index in [-0.39, 0.29) is 36.1 Å². The van der Waals surface area contributed by atoms with Gasteiger partial charge in [0, 0.05) is 26.7 Å². The van der Waals surface area contributed by atoms with Gasteiger partial charge < -0.3 is 15.5 Å². The SMILES string of the molecule is CCN(CC)c1nc2sc(C(=O)N(C)CC(C)(C)CN)cc2s1.Cl.Cl. The van der Waals surface area contributed by atoms with E-state index in [0.717, 1.165) is 32.6 Å². The fourth-order valence-electron chi connectivity index (χ4n) is 2.43. The molecule has 0 unspecified atom stereocenters. The molecule has 144 valence electrons. The summed E-state index contributed by atoms with van der Waals surface area (Å²) in [5, 5.41) is 1.04. The summed E-state index contributed by atoms with van der Waals surface area (Å²) in [6.45, 7) is 11.5. The van der Waals surface area contributed by atoms with E-state index < -0.39 is 0 Å². The van der Waals surface area contributed by atoms with Crippen molar-refractivity contribution in [2.45, 2.75) is 27.7 Å². The Morgan fingerprint density at radius 3 is 2.32 bits per heavy atom. The van der Waals surface area contributed by atoms with Gasteiger partial charge in [-0.2, -0.15) is 0 Å². The second-order valence-corrected chi connectivity index (χ2v) is 8.52. The second-order valence-electron chi connectivity index (χ2n) is 6.48. The molecule has 5 nitrogen and oxygen atoms in total. The molecule has 1 amide bonds. The fraction of sp³-hybridized carbons (Fsp3) is 0.625. The molecule has 0 atom stereocenters. The summed E-state index contributed by atoms with van der Waals surface area (Å²) in [6.07, 6.45) is 0. The van der Waals surface area contributed by atoms with Crippen LogP contribution < -0.4 is 10.6 Å². The Morgan fingerprint density at radius 1 is 1.24 bits per heavy atom. The number of carbonyl (C=O) groups excluding carboxylic acids is 1. The molecule has 0 spiro atoms. The minimum Gasteiger partial charge on any atom is -0.349 e. The third-order valence-corrected chi connectivity index (χ3v) is 6.10. The standard InChI is InChI=1S/C16H26N4OS2.2ClH/c1-6-20(7-2)15-18-13-11(23-15)8-12(22-13)14(21)19(5)10-16(3,4)9-17;;/h8H,6-7,9-10,17H2,1-5H3;2*1H. The number of anilines is 1. The number of nitrogens with two attached hydrogens (primary N) is 1. The number of thiazole rings is 1. The Kier molecular flexibility index (Phi) is 9.68. The lowest BCUT2D eigenvalue weighted by atomic mass is 9.93. The first-order chi connectivity index (χ1) is 10.8. The lowest BCUT2D eigenvalue weighted by molar-refractivity contribution is 0.0745. The van der Waals surface area contributed by atoms with Crippen molar-refractivity contribution in [3.05, 3.63) is 10.9 Å². The van der Waals surface area contributed by atoms with Crippen molar-refractivity contribution < 1.29 is 4.79 Å². The van der Waals surface area contributed by atoms with Crippen LogP contribution in [0.15, 0.2) is 6.07 Å². The van der Waals surface area contributed by atoms with E-state index >= 15 is 0 Å². The number of halogens is 2. The number of hydrogen-bond acceptors (Lipinski definition) is 6. The molecule has 0 aliphatic rings. The number of rotatable bonds is 7. The number of amides is 1. The Bertz CT molecular complexity index is 651. The predicted molar refractivity (Wildman–Crippen MR) is 115 cm³/mol. The summed E-state index contributed by atoms with van der Waals surface area (Å²) >= 11 is 3.13. The third kappa shape index (κ3) is 5.69. The van der Waals surface area contributed by atoms with Crippen LogP contribution in [0.3, 0.4) is 0 Å². The highest BCUT2D eigenvalue weighted by Crippen LogP contribution is 2.35. The molecule has 0 aromatic carbocycles. The molecule has 0 radical (unpaired) electrons. The molecule has 0 bridgehead atoms. The van der Waals surface area contributed by atoms with Gasteiger partial charge in [-0.05, 0) is 31.9 Å². The molecule has 0 aliphatic carbocycles. The number of thiophene rings is 1. The number of carbonyl (C=O) groups is 1. The first-order valence-corrected chi connectivity index (χ1v) is 9.55. The van der Waals surface area contributed by atoms with E-state index in [4.69, 9.17) is 5.73 Å². The number of nitrogens with zero attached hydrogens (tertiary/aromatic N) is 3. The maximum atomic E-state index is 12.6. The summed E-state index contributed by atoms with van der Waals surface area (Å²) in [6, 6.07) is 1.97. The van der Waals surface area contributed by atoms with Gasteiger partial charge in [-0.1, -0.05) is 25.2 Å². The highest BCUT2D eigenvalue weighted by atomic mass is 35.5. The fourth-order valence-corrected chi connectivity index (χ4v) is 4.76. The normalized spacial score (nSPS) is 11.0. The molecule has 2 aromatic rings. The molecule has 25 heavy (non-hydrogen) atoms. The van der Waals surface area contributed by atoms with Crippen molar-refractivity contribution in [2.75, 3.05) is 38.1 Å². The van der Waals surface area contributed by atoms with Gasteiger partial charge in [0.1, 0.15) is 4.83 Å². The largest absolute Gasteiger partial charge is 0.349 e. The van der Waals surface area contributed by atoms with Gasteiger partial charge in [0.25, 0.3) is 5.91 Å². The maximum absolute atomic E-state index is 12.6. The van der Waals surface area contributed by atoms with Crippen LogP contribution in [0.5, 0.6) is 0 Å². The summed E-state index contributed by atoms with van der Waals surface area (Å²) in [4.78, 5) is 23.0. The topological polar surface area (TPSA) is 62.5 Å². The number of fused-ring (bicyclic) bond motifs is 1. The highest BCUT2D eigenvalue weighted by Gasteiger charge is 2.24. The molecule has 2 heterocycles. The van der Waals surface area contributed by atoms with Gasteiger partial charge in [-0.15, -0.1) is 36.2 Å². The van der Waals surface area contributed by atoms with E-state index in [1.807, 2.05) is 13.1 Å². The lowest BCUT2D eigenvalue weighted by Crippen LogP contribution is -2.39. The molecule has 2 N–H and O–H groups in total. The van der Waals surface area contributed by atoms with Gasteiger partial charge in [-0.3, -0.25) is 4.79 Å². The first-order valence-electron chi connectivity index (χ1n) is 7.92. The van der Waals surface area contributed by atoms with Crippen molar-refractivity contribution >= 4 is 68.1 Å². The van der Waals surface area contributed by atoms with Gasteiger partial charge >= 0.3 is 0 Å². The first kappa shape index (κ1) is 24.4. The smallest absolute Gasteiger partial charge is 0.263 e. The molecule has 0 saturated heterocycles. The monoisotopic (exact) mass is 426 g/mol. The van der Waals surface area contributed by atoms with E-state index in [1.54, 1.807) is 16.2 Å². The van der Waals surface area contributed by atoms with Crippen molar-refractivity contribution in [1.29, 1.82) is 0 Å². The van der Waals surface area contributed by atoms with Crippen LogP contribution in [-0.4, -0.2) is 49.0 Å².